The van der Waals surface area contributed by atoms with Crippen LogP contribution in [0.3, 0.4) is 0 Å². The second-order valence-corrected chi connectivity index (χ2v) is 8.75. The van der Waals surface area contributed by atoms with Crippen LogP contribution in [0.4, 0.5) is 10.1 Å². The molecule has 2 atom stereocenters. The minimum Gasteiger partial charge on any atom is -0.352 e. The summed E-state index contributed by atoms with van der Waals surface area (Å²) in [6, 6.07) is 14.0. The lowest BCUT2D eigenvalue weighted by Gasteiger charge is -2.31. The number of hydrogen-bond acceptors (Lipinski definition) is 3. The molecule has 0 unspecified atom stereocenters. The molecule has 28 heavy (non-hydrogen) atoms. The minimum atomic E-state index is -3.73. The van der Waals surface area contributed by atoms with Gasteiger partial charge in [-0.1, -0.05) is 37.3 Å². The largest absolute Gasteiger partial charge is 0.352 e. The molecule has 2 rings (SSSR count). The van der Waals surface area contributed by atoms with Gasteiger partial charge < -0.3 is 5.32 Å². The van der Waals surface area contributed by atoms with Gasteiger partial charge in [-0.15, -0.1) is 0 Å². The minimum absolute atomic E-state index is 0.114. The Morgan fingerprint density at radius 1 is 1.11 bits per heavy atom. The van der Waals surface area contributed by atoms with Crippen LogP contribution in [-0.4, -0.2) is 32.7 Å². The molecule has 0 bridgehead atoms. The predicted molar refractivity (Wildman–Crippen MR) is 110 cm³/mol. The van der Waals surface area contributed by atoms with Gasteiger partial charge in [0.15, 0.2) is 0 Å². The van der Waals surface area contributed by atoms with Gasteiger partial charge in [0, 0.05) is 6.04 Å². The van der Waals surface area contributed by atoms with E-state index in [9.17, 15) is 17.6 Å². The molecule has 0 fully saturated rings. The molecule has 0 aliphatic rings. The Balaban J connectivity index is 2.11. The summed E-state index contributed by atoms with van der Waals surface area (Å²) in [7, 11) is -3.73. The second-order valence-electron chi connectivity index (χ2n) is 6.89. The van der Waals surface area contributed by atoms with Crippen LogP contribution >= 0.6 is 0 Å². The van der Waals surface area contributed by atoms with E-state index in [2.05, 4.69) is 5.32 Å². The molecule has 0 radical (unpaired) electrons. The number of anilines is 1. The maximum atomic E-state index is 13.2. The molecule has 7 heteroatoms. The Hall–Kier alpha value is -2.41. The average molecular weight is 407 g/mol. The van der Waals surface area contributed by atoms with Crippen LogP contribution in [-0.2, 0) is 21.2 Å². The molecule has 2 aromatic rings. The summed E-state index contributed by atoms with van der Waals surface area (Å²) in [5.74, 6) is -0.831. The van der Waals surface area contributed by atoms with Gasteiger partial charge in [0.1, 0.15) is 11.9 Å². The van der Waals surface area contributed by atoms with Crippen molar-refractivity contribution in [2.75, 3.05) is 10.6 Å². The Morgan fingerprint density at radius 3 is 2.25 bits per heavy atom. The van der Waals surface area contributed by atoms with Gasteiger partial charge in [-0.25, -0.2) is 12.8 Å². The van der Waals surface area contributed by atoms with Crippen LogP contribution in [0.25, 0.3) is 0 Å². The highest BCUT2D eigenvalue weighted by molar-refractivity contribution is 7.92. The fourth-order valence-corrected chi connectivity index (χ4v) is 4.30. The number of benzene rings is 2. The summed E-state index contributed by atoms with van der Waals surface area (Å²) < 4.78 is 39.0. The van der Waals surface area contributed by atoms with Crippen molar-refractivity contribution in [1.29, 1.82) is 0 Å². The Kier molecular flexibility index (Phi) is 7.57. The number of amides is 1. The number of nitrogens with one attached hydrogen (secondary N) is 1. The van der Waals surface area contributed by atoms with E-state index >= 15 is 0 Å². The van der Waals surface area contributed by atoms with Gasteiger partial charge in [-0.3, -0.25) is 9.10 Å². The number of hydrogen-bond donors (Lipinski definition) is 1. The zero-order valence-corrected chi connectivity index (χ0v) is 17.2. The van der Waals surface area contributed by atoms with E-state index in [4.69, 9.17) is 0 Å². The maximum Gasteiger partial charge on any atom is 0.244 e. The molecule has 2 aromatic carbocycles. The molecule has 0 aliphatic heterocycles. The summed E-state index contributed by atoms with van der Waals surface area (Å²) in [5, 5.41) is 2.92. The number of nitrogens with zero attached hydrogens (tertiary/aromatic N) is 1. The fourth-order valence-electron chi connectivity index (χ4n) is 3.09. The van der Waals surface area contributed by atoms with Crippen LogP contribution in [0.5, 0.6) is 0 Å². The van der Waals surface area contributed by atoms with Gasteiger partial charge in [0.25, 0.3) is 0 Å². The summed E-state index contributed by atoms with van der Waals surface area (Å²) in [6.45, 7) is 3.65. The summed E-state index contributed by atoms with van der Waals surface area (Å²) >= 11 is 0. The van der Waals surface area contributed by atoms with Crippen molar-refractivity contribution in [2.45, 2.75) is 45.2 Å². The van der Waals surface area contributed by atoms with Gasteiger partial charge in [0.2, 0.25) is 15.9 Å². The number of halogens is 1. The zero-order chi connectivity index (χ0) is 20.7. The number of rotatable bonds is 9. The Bertz CT molecular complexity index is 870. The van der Waals surface area contributed by atoms with Gasteiger partial charge in [-0.2, -0.15) is 0 Å². The molecule has 0 aromatic heterocycles. The van der Waals surface area contributed by atoms with Crippen molar-refractivity contribution < 1.29 is 17.6 Å². The molecular formula is C21H27FN2O3S. The monoisotopic (exact) mass is 406 g/mol. The fraction of sp³-hybridized carbons (Fsp3) is 0.381. The highest BCUT2D eigenvalue weighted by Crippen LogP contribution is 2.23. The maximum absolute atomic E-state index is 13.2. The van der Waals surface area contributed by atoms with Crippen LogP contribution in [0.2, 0.25) is 0 Å². The molecule has 0 spiro atoms. The van der Waals surface area contributed by atoms with Crippen molar-refractivity contribution in [3.05, 3.63) is 66.0 Å². The lowest BCUT2D eigenvalue weighted by molar-refractivity contribution is -0.122. The second kappa shape index (κ2) is 9.68. The van der Waals surface area contributed by atoms with E-state index in [1.165, 1.54) is 29.8 Å². The number of sulfonamides is 1. The summed E-state index contributed by atoms with van der Waals surface area (Å²) in [5.41, 5.74) is 1.45. The van der Waals surface area contributed by atoms with Gasteiger partial charge >= 0.3 is 0 Å². The summed E-state index contributed by atoms with van der Waals surface area (Å²) in [4.78, 5) is 12.8. The molecule has 0 saturated carbocycles. The van der Waals surface area contributed by atoms with Crippen molar-refractivity contribution in [2.24, 2.45) is 0 Å². The first-order valence-electron chi connectivity index (χ1n) is 9.31. The van der Waals surface area contributed by atoms with E-state index in [1.54, 1.807) is 6.92 Å². The van der Waals surface area contributed by atoms with Gasteiger partial charge in [-0.05, 0) is 56.0 Å². The first kappa shape index (κ1) is 21.9. The van der Waals surface area contributed by atoms with Crippen molar-refractivity contribution in [1.82, 2.24) is 5.32 Å². The van der Waals surface area contributed by atoms with E-state index < -0.39 is 21.9 Å². The highest BCUT2D eigenvalue weighted by Gasteiger charge is 2.31. The smallest absolute Gasteiger partial charge is 0.244 e. The first-order valence-corrected chi connectivity index (χ1v) is 11.2. The van der Waals surface area contributed by atoms with E-state index in [0.717, 1.165) is 23.4 Å². The van der Waals surface area contributed by atoms with Crippen molar-refractivity contribution >= 4 is 21.6 Å². The first-order chi connectivity index (χ1) is 13.2. The van der Waals surface area contributed by atoms with Crippen molar-refractivity contribution in [3.8, 4) is 0 Å². The normalized spacial score (nSPS) is 13.6. The van der Waals surface area contributed by atoms with Crippen LogP contribution < -0.4 is 9.62 Å². The third-order valence-electron chi connectivity index (χ3n) is 4.51. The van der Waals surface area contributed by atoms with Crippen LogP contribution in [0.1, 0.15) is 32.3 Å². The van der Waals surface area contributed by atoms with Crippen molar-refractivity contribution in [3.63, 3.8) is 0 Å². The third kappa shape index (κ3) is 6.05. The highest BCUT2D eigenvalue weighted by atomic mass is 32.2. The molecule has 1 amide bonds. The van der Waals surface area contributed by atoms with Gasteiger partial charge in [0.05, 0.1) is 11.9 Å². The lowest BCUT2D eigenvalue weighted by atomic mass is 10.1. The molecule has 1 N–H and O–H groups in total. The lowest BCUT2D eigenvalue weighted by Crippen LogP contribution is -2.51. The SMILES string of the molecule is CC[C@H](C(=O)N[C@@H](C)CCc1ccccc1)N(c1ccc(F)cc1)S(C)(=O)=O. The van der Waals surface area contributed by atoms with E-state index in [-0.39, 0.29) is 17.6 Å². The standard InChI is InChI=1S/C21H27FN2O3S/c1-4-20(24(28(3,26)27)19-14-12-18(22)13-15-19)21(25)23-16(2)10-11-17-8-6-5-7-9-17/h5-9,12-16,20H,4,10-11H2,1-3H3,(H,23,25)/t16-,20+/m0/s1. The quantitative estimate of drug-likeness (QED) is 0.693. The number of aryl methyl sites for hydroxylation is 1. The van der Waals surface area contributed by atoms with E-state index in [1.807, 2.05) is 37.3 Å². The predicted octanol–water partition coefficient (Wildman–Crippen LogP) is 3.51. The van der Waals surface area contributed by atoms with Crippen LogP contribution in [0.15, 0.2) is 54.6 Å². The molecule has 152 valence electrons. The molecular weight excluding hydrogens is 379 g/mol. The topological polar surface area (TPSA) is 66.5 Å². The molecule has 0 aliphatic carbocycles. The molecule has 0 heterocycles. The zero-order valence-electron chi connectivity index (χ0n) is 16.4. The molecule has 5 nitrogen and oxygen atoms in total. The number of carbonyl (C=O) groups is 1. The Morgan fingerprint density at radius 2 is 1.71 bits per heavy atom. The molecule has 0 saturated heterocycles. The average Bonchev–Trinajstić information content (AvgIpc) is 2.65. The van der Waals surface area contributed by atoms with Crippen LogP contribution in [0, 0.1) is 5.82 Å². The number of carbonyl (C=O) groups excluding carboxylic acids is 1. The summed E-state index contributed by atoms with van der Waals surface area (Å²) in [6.07, 6.45) is 2.89. The third-order valence-corrected chi connectivity index (χ3v) is 5.69. The Labute approximate surface area is 166 Å². The van der Waals surface area contributed by atoms with E-state index in [0.29, 0.717) is 6.42 Å².